The lowest BCUT2D eigenvalue weighted by Gasteiger charge is -2.13. The number of hydrogen-bond donors (Lipinski definition) is 3. The summed E-state index contributed by atoms with van der Waals surface area (Å²) < 4.78 is 0. The molecule has 1 amide bonds. The van der Waals surface area contributed by atoms with Crippen LogP contribution in [0.15, 0.2) is 0 Å². The van der Waals surface area contributed by atoms with Crippen molar-refractivity contribution >= 4 is 11.7 Å². The Balaban J connectivity index is 2.61. The van der Waals surface area contributed by atoms with Crippen molar-refractivity contribution in [1.82, 2.24) is 10.2 Å². The molecular weight excluding hydrogens is 204 g/mol. The molecule has 0 radical (unpaired) electrons. The number of hydrogen-bond acceptors (Lipinski definition) is 3. The molecule has 4 N–H and O–H groups in total. The molecule has 16 heavy (non-hydrogen) atoms. The Labute approximate surface area is 95.8 Å². The minimum atomic E-state index is -0.476. The van der Waals surface area contributed by atoms with Crippen molar-refractivity contribution in [3.63, 3.8) is 0 Å². The van der Waals surface area contributed by atoms with Crippen LogP contribution in [0, 0.1) is 19.8 Å². The summed E-state index contributed by atoms with van der Waals surface area (Å²) in [4.78, 5) is 11.7. The summed E-state index contributed by atoms with van der Waals surface area (Å²) in [6.07, 6.45) is 0.675. The monoisotopic (exact) mass is 224 g/mol. The molecule has 0 aliphatic rings. The van der Waals surface area contributed by atoms with Crippen LogP contribution in [0.5, 0.6) is 0 Å². The third-order valence-corrected chi connectivity index (χ3v) is 2.56. The van der Waals surface area contributed by atoms with Crippen LogP contribution < -0.4 is 11.1 Å². The molecule has 5 heteroatoms. The maximum absolute atomic E-state index is 11.7. The summed E-state index contributed by atoms with van der Waals surface area (Å²) in [5.41, 5.74) is 7.67. The number of nitrogens with two attached hydrogens (primary N) is 1. The molecule has 0 saturated heterocycles. The minimum Gasteiger partial charge on any atom is -0.320 e. The van der Waals surface area contributed by atoms with E-state index >= 15 is 0 Å². The van der Waals surface area contributed by atoms with Crippen LogP contribution in [-0.2, 0) is 4.79 Å². The first-order chi connectivity index (χ1) is 7.41. The standard InChI is InChI=1S/C11H20N4O/c1-6(2)5-9(12)11(16)13-10-7(3)8(4)14-15-10/h6,9H,5,12H2,1-4H3,(H2,13,14,15,16). The molecule has 0 bridgehead atoms. The quantitative estimate of drug-likeness (QED) is 0.721. The predicted octanol–water partition coefficient (Wildman–Crippen LogP) is 1.34. The van der Waals surface area contributed by atoms with E-state index in [1.807, 2.05) is 27.7 Å². The number of nitrogens with zero attached hydrogens (tertiary/aromatic N) is 1. The van der Waals surface area contributed by atoms with Crippen molar-refractivity contribution in [1.29, 1.82) is 0 Å². The Morgan fingerprint density at radius 3 is 2.56 bits per heavy atom. The molecule has 0 aromatic carbocycles. The summed E-state index contributed by atoms with van der Waals surface area (Å²) >= 11 is 0. The van der Waals surface area contributed by atoms with Crippen molar-refractivity contribution in [3.8, 4) is 0 Å². The molecule has 1 atom stereocenters. The zero-order valence-electron chi connectivity index (χ0n) is 10.3. The molecule has 0 spiro atoms. The number of nitrogens with one attached hydrogen (secondary N) is 2. The third kappa shape index (κ3) is 3.06. The van der Waals surface area contributed by atoms with E-state index in [0.29, 0.717) is 18.2 Å². The number of carbonyl (C=O) groups is 1. The van der Waals surface area contributed by atoms with Crippen molar-refractivity contribution < 1.29 is 4.79 Å². The fourth-order valence-corrected chi connectivity index (χ4v) is 1.43. The van der Waals surface area contributed by atoms with Gasteiger partial charge in [0.2, 0.25) is 5.91 Å². The fraction of sp³-hybridized carbons (Fsp3) is 0.636. The molecule has 90 valence electrons. The number of rotatable bonds is 4. The molecule has 1 aromatic rings. The maximum Gasteiger partial charge on any atom is 0.242 e. The lowest BCUT2D eigenvalue weighted by Crippen LogP contribution is -2.36. The second-order valence-corrected chi connectivity index (χ2v) is 4.55. The summed E-state index contributed by atoms with van der Waals surface area (Å²) in [5, 5.41) is 9.55. The molecule has 0 saturated carbocycles. The van der Waals surface area contributed by atoms with Gasteiger partial charge < -0.3 is 11.1 Å². The number of anilines is 1. The fourth-order valence-electron chi connectivity index (χ4n) is 1.43. The van der Waals surface area contributed by atoms with E-state index in [9.17, 15) is 4.79 Å². The molecule has 5 nitrogen and oxygen atoms in total. The van der Waals surface area contributed by atoms with Crippen molar-refractivity contribution in [2.75, 3.05) is 5.32 Å². The average molecular weight is 224 g/mol. The van der Waals surface area contributed by atoms with Gasteiger partial charge in [0.25, 0.3) is 0 Å². The zero-order valence-corrected chi connectivity index (χ0v) is 10.3. The van der Waals surface area contributed by atoms with Crippen molar-refractivity contribution in [2.45, 2.75) is 40.2 Å². The Hall–Kier alpha value is -1.36. The highest BCUT2D eigenvalue weighted by molar-refractivity contribution is 5.94. The summed E-state index contributed by atoms with van der Waals surface area (Å²) in [7, 11) is 0. The molecule has 0 aliphatic heterocycles. The van der Waals surface area contributed by atoms with Crippen LogP contribution in [0.3, 0.4) is 0 Å². The van der Waals surface area contributed by atoms with E-state index in [1.165, 1.54) is 0 Å². The van der Waals surface area contributed by atoms with Crippen LogP contribution >= 0.6 is 0 Å². The molecule has 1 heterocycles. The van der Waals surface area contributed by atoms with Crippen LogP contribution in [-0.4, -0.2) is 22.1 Å². The highest BCUT2D eigenvalue weighted by Gasteiger charge is 2.17. The number of carbonyl (C=O) groups excluding carboxylic acids is 1. The van der Waals surface area contributed by atoms with Crippen molar-refractivity contribution in [3.05, 3.63) is 11.3 Å². The first-order valence-electron chi connectivity index (χ1n) is 5.49. The Morgan fingerprint density at radius 1 is 1.50 bits per heavy atom. The third-order valence-electron chi connectivity index (χ3n) is 2.56. The van der Waals surface area contributed by atoms with E-state index in [1.54, 1.807) is 0 Å². The van der Waals surface area contributed by atoms with E-state index in [4.69, 9.17) is 5.73 Å². The van der Waals surface area contributed by atoms with Crippen LogP contribution in [0.25, 0.3) is 0 Å². The van der Waals surface area contributed by atoms with Gasteiger partial charge in [-0.05, 0) is 26.2 Å². The number of aromatic amines is 1. The van der Waals surface area contributed by atoms with Gasteiger partial charge >= 0.3 is 0 Å². The molecule has 0 fully saturated rings. The second kappa shape index (κ2) is 5.12. The van der Waals surface area contributed by atoms with Gasteiger partial charge in [0.1, 0.15) is 0 Å². The molecule has 1 aromatic heterocycles. The largest absolute Gasteiger partial charge is 0.320 e. The molecule has 1 unspecified atom stereocenters. The number of amides is 1. The van der Waals surface area contributed by atoms with Gasteiger partial charge in [0.05, 0.1) is 6.04 Å². The first kappa shape index (κ1) is 12.7. The van der Waals surface area contributed by atoms with E-state index in [0.717, 1.165) is 11.3 Å². The van der Waals surface area contributed by atoms with Gasteiger partial charge in [-0.2, -0.15) is 5.10 Å². The summed E-state index contributed by atoms with van der Waals surface area (Å²) in [5.74, 6) is 0.799. The van der Waals surface area contributed by atoms with E-state index in [2.05, 4.69) is 15.5 Å². The van der Waals surface area contributed by atoms with Gasteiger partial charge in [-0.1, -0.05) is 13.8 Å². The minimum absolute atomic E-state index is 0.178. The van der Waals surface area contributed by atoms with Gasteiger partial charge in [-0.15, -0.1) is 0 Å². The second-order valence-electron chi connectivity index (χ2n) is 4.55. The highest BCUT2D eigenvalue weighted by atomic mass is 16.2. The summed E-state index contributed by atoms with van der Waals surface area (Å²) in [6, 6.07) is -0.476. The lowest BCUT2D eigenvalue weighted by molar-refractivity contribution is -0.117. The van der Waals surface area contributed by atoms with E-state index < -0.39 is 6.04 Å². The highest BCUT2D eigenvalue weighted by Crippen LogP contribution is 2.14. The van der Waals surface area contributed by atoms with Gasteiger partial charge in [0.15, 0.2) is 5.82 Å². The Bertz CT molecular complexity index is 370. The molecular formula is C11H20N4O. The van der Waals surface area contributed by atoms with Crippen LogP contribution in [0.2, 0.25) is 0 Å². The number of aromatic nitrogens is 2. The topological polar surface area (TPSA) is 83.8 Å². The molecule has 0 aliphatic carbocycles. The van der Waals surface area contributed by atoms with Gasteiger partial charge in [0, 0.05) is 11.3 Å². The smallest absolute Gasteiger partial charge is 0.242 e. The van der Waals surface area contributed by atoms with Crippen molar-refractivity contribution in [2.24, 2.45) is 11.7 Å². The summed E-state index contributed by atoms with van der Waals surface area (Å²) in [6.45, 7) is 7.89. The SMILES string of the molecule is Cc1[nH]nc(NC(=O)C(N)CC(C)C)c1C. The Morgan fingerprint density at radius 2 is 2.12 bits per heavy atom. The number of H-pyrrole nitrogens is 1. The normalized spacial score (nSPS) is 12.9. The van der Waals surface area contributed by atoms with Gasteiger partial charge in [-0.3, -0.25) is 9.89 Å². The zero-order chi connectivity index (χ0) is 12.3. The van der Waals surface area contributed by atoms with E-state index in [-0.39, 0.29) is 5.91 Å². The Kier molecular flexibility index (Phi) is 4.06. The first-order valence-corrected chi connectivity index (χ1v) is 5.49. The number of aryl methyl sites for hydroxylation is 1. The lowest BCUT2D eigenvalue weighted by atomic mass is 10.0. The maximum atomic E-state index is 11.7. The average Bonchev–Trinajstić information content (AvgIpc) is 2.48. The van der Waals surface area contributed by atoms with Crippen LogP contribution in [0.1, 0.15) is 31.5 Å². The van der Waals surface area contributed by atoms with Gasteiger partial charge in [-0.25, -0.2) is 0 Å². The molecule has 1 rings (SSSR count). The predicted molar refractivity (Wildman–Crippen MR) is 64.1 cm³/mol. The van der Waals surface area contributed by atoms with Crippen LogP contribution in [0.4, 0.5) is 5.82 Å².